The molecule has 2 N–H and O–H groups in total. The third kappa shape index (κ3) is 9.49. The van der Waals surface area contributed by atoms with E-state index in [1.807, 2.05) is 36.9 Å². The quantitative estimate of drug-likeness (QED) is 0.175. The number of pyridine rings is 1. The van der Waals surface area contributed by atoms with Crippen LogP contribution in [-0.4, -0.2) is 47.0 Å². The molecule has 4 aromatic rings. The highest BCUT2D eigenvalue weighted by Gasteiger charge is 2.30. The molecule has 0 radical (unpaired) electrons. The number of aliphatic hydroxyl groups is 1. The number of benzene rings is 2. The highest BCUT2D eigenvalue weighted by molar-refractivity contribution is 14.1. The van der Waals surface area contributed by atoms with Crippen molar-refractivity contribution in [3.05, 3.63) is 85.8 Å². The van der Waals surface area contributed by atoms with E-state index in [-0.39, 0.29) is 29.1 Å². The molecule has 1 fully saturated rings. The number of carbonyl (C=O) groups is 2. The number of hydrogen-bond donors (Lipinski definition) is 2. The van der Waals surface area contributed by atoms with Gasteiger partial charge in [-0.15, -0.1) is 11.3 Å². The molecule has 10 heteroatoms. The number of rotatable bonds is 8. The number of halogens is 3. The van der Waals surface area contributed by atoms with Gasteiger partial charge in [-0.3, -0.25) is 14.6 Å². The summed E-state index contributed by atoms with van der Waals surface area (Å²) in [6.45, 7) is 6.52. The number of aliphatic hydroxyl groups excluding tert-OH is 1. The molecule has 6 nitrogen and oxygen atoms in total. The molecule has 0 aliphatic heterocycles. The molecule has 248 valence electrons. The first-order valence-electron chi connectivity index (χ1n) is 15.6. The van der Waals surface area contributed by atoms with Crippen LogP contribution in [0.2, 0.25) is 5.02 Å². The van der Waals surface area contributed by atoms with Crippen molar-refractivity contribution < 1.29 is 19.1 Å². The van der Waals surface area contributed by atoms with Crippen molar-refractivity contribution >= 4 is 67.4 Å². The number of nitrogens with one attached hydrogen (secondary N) is 1. The Kier molecular flexibility index (Phi) is 14.9. The molecule has 2 aromatic carbocycles. The summed E-state index contributed by atoms with van der Waals surface area (Å²) in [6, 6.07) is 15.5. The molecule has 0 saturated heterocycles. The SMILES string of the molecule is CCCC(C)(C)C(=O)NC.CO.O=C(c1sc2c(F)ccc(I)c2c1Cl)N(Cc1cccc(-c2ccncc2)c1)C1CCCCC1. The molecule has 1 aliphatic carbocycles. The fourth-order valence-corrected chi connectivity index (χ4v) is 8.38. The van der Waals surface area contributed by atoms with E-state index in [4.69, 9.17) is 16.7 Å². The van der Waals surface area contributed by atoms with Crippen LogP contribution in [0.15, 0.2) is 60.9 Å². The van der Waals surface area contributed by atoms with Crippen molar-refractivity contribution in [2.45, 2.75) is 78.3 Å². The average Bonchev–Trinajstić information content (AvgIpc) is 3.45. The number of aromatic nitrogens is 1. The minimum Gasteiger partial charge on any atom is -0.400 e. The van der Waals surface area contributed by atoms with Crippen LogP contribution in [0.3, 0.4) is 0 Å². The number of amides is 2. The van der Waals surface area contributed by atoms with Crippen molar-refractivity contribution in [2.75, 3.05) is 14.2 Å². The molecule has 5 rings (SSSR count). The fourth-order valence-electron chi connectivity index (χ4n) is 5.79. The van der Waals surface area contributed by atoms with Crippen molar-refractivity contribution in [3.8, 4) is 11.1 Å². The lowest BCUT2D eigenvalue weighted by Gasteiger charge is -2.34. The topological polar surface area (TPSA) is 82.5 Å². The number of thiophene rings is 1. The Morgan fingerprint density at radius 2 is 1.76 bits per heavy atom. The summed E-state index contributed by atoms with van der Waals surface area (Å²) in [5.74, 6) is -0.312. The van der Waals surface area contributed by atoms with Crippen LogP contribution in [0.1, 0.15) is 81.0 Å². The summed E-state index contributed by atoms with van der Waals surface area (Å²) in [4.78, 5) is 31.5. The maximum Gasteiger partial charge on any atom is 0.266 e. The number of nitrogens with zero attached hydrogens (tertiary/aromatic N) is 2. The Bertz CT molecular complexity index is 1590. The van der Waals surface area contributed by atoms with Gasteiger partial charge < -0.3 is 15.3 Å². The summed E-state index contributed by atoms with van der Waals surface area (Å²) in [7, 11) is 2.68. The third-order valence-electron chi connectivity index (χ3n) is 8.16. The van der Waals surface area contributed by atoms with Crippen LogP contribution in [0, 0.1) is 14.8 Å². The van der Waals surface area contributed by atoms with E-state index in [1.165, 1.54) is 23.8 Å². The zero-order valence-corrected chi connectivity index (χ0v) is 30.9. The molecule has 0 bridgehead atoms. The first kappa shape index (κ1) is 37.9. The van der Waals surface area contributed by atoms with Crippen molar-refractivity contribution in [3.63, 3.8) is 0 Å². The summed E-state index contributed by atoms with van der Waals surface area (Å²) >= 11 is 10.0. The highest BCUT2D eigenvalue weighted by Crippen LogP contribution is 2.41. The molecule has 2 amide bonds. The van der Waals surface area contributed by atoms with Gasteiger partial charge in [-0.25, -0.2) is 4.39 Å². The van der Waals surface area contributed by atoms with Crippen molar-refractivity contribution in [2.24, 2.45) is 5.41 Å². The third-order valence-corrected chi connectivity index (χ3v) is 10.7. The van der Waals surface area contributed by atoms with Gasteiger partial charge in [0.2, 0.25) is 5.91 Å². The number of carbonyl (C=O) groups excluding carboxylic acids is 2. The van der Waals surface area contributed by atoms with E-state index in [2.05, 4.69) is 58.0 Å². The summed E-state index contributed by atoms with van der Waals surface area (Å²) in [6.07, 6.45) is 10.9. The van der Waals surface area contributed by atoms with Crippen LogP contribution in [0.4, 0.5) is 4.39 Å². The predicted molar refractivity (Wildman–Crippen MR) is 197 cm³/mol. The van der Waals surface area contributed by atoms with Crippen LogP contribution in [0.5, 0.6) is 0 Å². The van der Waals surface area contributed by atoms with Gasteiger partial charge in [0.25, 0.3) is 5.91 Å². The number of fused-ring (bicyclic) bond motifs is 1. The minimum atomic E-state index is -0.337. The Balaban J connectivity index is 0.000000413. The first-order valence-corrected chi connectivity index (χ1v) is 17.9. The van der Waals surface area contributed by atoms with E-state index in [1.54, 1.807) is 25.5 Å². The Morgan fingerprint density at radius 1 is 1.09 bits per heavy atom. The molecule has 46 heavy (non-hydrogen) atoms. The monoisotopic (exact) mass is 779 g/mol. The van der Waals surface area contributed by atoms with Crippen LogP contribution >= 0.6 is 45.5 Å². The minimum absolute atomic E-state index is 0.109. The van der Waals surface area contributed by atoms with Gasteiger partial charge in [0.05, 0.1) is 9.72 Å². The Hall–Kier alpha value is -2.60. The highest BCUT2D eigenvalue weighted by atomic mass is 127. The second kappa shape index (κ2) is 18.1. The second-order valence-electron chi connectivity index (χ2n) is 11.9. The zero-order valence-electron chi connectivity index (χ0n) is 27.2. The van der Waals surface area contributed by atoms with Crippen LogP contribution < -0.4 is 5.32 Å². The standard InChI is InChI=1S/C27H23ClFIN2OS.C8H17NO.CH4O/c28-24-23-22(30)10-9-21(29)25(23)34-26(24)27(33)32(20-7-2-1-3-8-20)16-17-5-4-6-19(15-17)18-11-13-31-14-12-18;1-5-6-8(2,3)7(10)9-4;1-2/h4-6,9-15,20H,1-3,7-8,16H2;5-6H2,1-4H3,(H,9,10);2H,1H3. The molecule has 0 unspecified atom stereocenters. The first-order chi connectivity index (χ1) is 22.1. The van der Waals surface area contributed by atoms with E-state index >= 15 is 0 Å². The average molecular weight is 780 g/mol. The summed E-state index contributed by atoms with van der Waals surface area (Å²) in [5.41, 5.74) is 3.05. The zero-order chi connectivity index (χ0) is 33.9. The van der Waals surface area contributed by atoms with E-state index in [0.29, 0.717) is 26.5 Å². The van der Waals surface area contributed by atoms with E-state index < -0.39 is 0 Å². The van der Waals surface area contributed by atoms with Gasteiger partial charge in [-0.1, -0.05) is 76.3 Å². The Labute approximate surface area is 294 Å². The second-order valence-corrected chi connectivity index (χ2v) is 14.4. The number of hydrogen-bond acceptors (Lipinski definition) is 5. The normalized spacial score (nSPS) is 13.2. The van der Waals surface area contributed by atoms with Crippen LogP contribution in [-0.2, 0) is 11.3 Å². The molecule has 2 aromatic heterocycles. The van der Waals surface area contributed by atoms with E-state index in [9.17, 15) is 14.0 Å². The lowest BCUT2D eigenvalue weighted by Crippen LogP contribution is -2.40. The maximum absolute atomic E-state index is 14.6. The lowest BCUT2D eigenvalue weighted by molar-refractivity contribution is -0.129. The van der Waals surface area contributed by atoms with E-state index in [0.717, 1.165) is 65.9 Å². The fraction of sp³-hybridized carbons (Fsp3) is 0.417. The molecule has 0 atom stereocenters. The predicted octanol–water partition coefficient (Wildman–Crippen LogP) is 9.50. The molecule has 0 spiro atoms. The molecule has 1 aliphatic rings. The van der Waals surface area contributed by atoms with Crippen LogP contribution in [0.25, 0.3) is 21.2 Å². The van der Waals surface area contributed by atoms with Crippen molar-refractivity contribution in [1.82, 2.24) is 15.2 Å². The van der Waals surface area contributed by atoms with Gasteiger partial charge in [-0.05, 0) is 88.9 Å². The van der Waals surface area contributed by atoms with Gasteiger partial charge in [0.15, 0.2) is 0 Å². The van der Waals surface area contributed by atoms with Gasteiger partial charge in [0.1, 0.15) is 10.7 Å². The largest absolute Gasteiger partial charge is 0.400 e. The summed E-state index contributed by atoms with van der Waals surface area (Å²) in [5, 5.41) is 10.7. The molecule has 1 saturated carbocycles. The van der Waals surface area contributed by atoms with Gasteiger partial charge >= 0.3 is 0 Å². The smallest absolute Gasteiger partial charge is 0.266 e. The summed E-state index contributed by atoms with van der Waals surface area (Å²) < 4.78 is 15.8. The molecule has 2 heterocycles. The lowest BCUT2D eigenvalue weighted by atomic mass is 9.87. The van der Waals surface area contributed by atoms with Gasteiger partial charge in [-0.2, -0.15) is 0 Å². The van der Waals surface area contributed by atoms with Crippen molar-refractivity contribution in [1.29, 1.82) is 0 Å². The van der Waals surface area contributed by atoms with Gasteiger partial charge in [0, 0.05) is 53.5 Å². The Morgan fingerprint density at radius 3 is 2.37 bits per heavy atom. The molecular weight excluding hydrogens is 736 g/mol. The maximum atomic E-state index is 14.6. The molecular formula is C36H44ClFIN3O3S.